The third-order valence-corrected chi connectivity index (χ3v) is 17.0. The maximum absolute atomic E-state index is 6.52. The van der Waals surface area contributed by atoms with E-state index in [2.05, 4.69) is 111 Å². The van der Waals surface area contributed by atoms with Gasteiger partial charge in [0.25, 0.3) is 0 Å². The Labute approximate surface area is 187 Å². The first-order chi connectivity index (χ1) is 13.4. The highest BCUT2D eigenvalue weighted by molar-refractivity contribution is 7.00. The molecule has 2 nitrogen and oxygen atoms in total. The van der Waals surface area contributed by atoms with Crippen LogP contribution < -0.4 is 9.31 Å². The summed E-state index contributed by atoms with van der Waals surface area (Å²) in [6.07, 6.45) is 7.29. The molecule has 1 aromatic carbocycles. The average Bonchev–Trinajstić information content (AvgIpc) is 3.15. The zero-order valence-corrected chi connectivity index (χ0v) is 23.3. The molecule has 0 spiro atoms. The van der Waals surface area contributed by atoms with Gasteiger partial charge in [-0.15, -0.1) is 0 Å². The van der Waals surface area contributed by atoms with Crippen LogP contribution in [0, 0.1) is 0 Å². The van der Waals surface area contributed by atoms with E-state index in [9.17, 15) is 0 Å². The Balaban J connectivity index is 2.05. The van der Waals surface area contributed by atoms with Gasteiger partial charge in [-0.05, 0) is 27.1 Å². The number of allylic oxidation sites excluding steroid dienone is 4. The summed E-state index contributed by atoms with van der Waals surface area (Å²) in [4.78, 5) is 0. The van der Waals surface area contributed by atoms with Gasteiger partial charge in [0.15, 0.2) is 0 Å². The highest BCUT2D eigenvalue weighted by atomic mass is 28.4. The summed E-state index contributed by atoms with van der Waals surface area (Å²) in [7, 11) is -3.28. The van der Waals surface area contributed by atoms with Gasteiger partial charge >= 0.3 is 7.12 Å². The molecule has 5 heteroatoms. The van der Waals surface area contributed by atoms with Gasteiger partial charge < -0.3 is 9.31 Å². The molecule has 3 rings (SSSR count). The highest BCUT2D eigenvalue weighted by Crippen LogP contribution is 2.54. The molecule has 164 valence electrons. The number of hydrogen-bond acceptors (Lipinski definition) is 2. The molecule has 0 atom stereocenters. The lowest BCUT2D eigenvalue weighted by atomic mass is 9.79. The molecule has 1 aromatic rings. The van der Waals surface area contributed by atoms with Crippen molar-refractivity contribution in [2.75, 3.05) is 0 Å². The number of fused-ring (bicyclic) bond motifs is 1. The molecule has 0 aromatic heterocycles. The third-order valence-electron chi connectivity index (χ3n) is 6.88. The fraction of sp³-hybridized carbons (Fsp3) is 0.600. The Bertz CT molecular complexity index is 889. The van der Waals surface area contributed by atoms with Gasteiger partial charge in [0, 0.05) is 11.0 Å². The van der Waals surface area contributed by atoms with E-state index in [4.69, 9.17) is 9.31 Å². The molecule has 1 aliphatic carbocycles. The van der Waals surface area contributed by atoms with Gasteiger partial charge in [-0.1, -0.05) is 105 Å². The summed E-state index contributed by atoms with van der Waals surface area (Å²) in [6.45, 7) is 28.5. The predicted molar refractivity (Wildman–Crippen MR) is 137 cm³/mol. The molecule has 0 saturated heterocycles. The van der Waals surface area contributed by atoms with E-state index in [1.807, 2.05) is 0 Å². The topological polar surface area (TPSA) is 18.5 Å². The molecule has 0 unspecified atom stereocenters. The zero-order chi connectivity index (χ0) is 22.9. The normalized spacial score (nSPS) is 18.8. The maximum atomic E-state index is 6.52. The molecule has 0 amide bonds. The summed E-state index contributed by atoms with van der Waals surface area (Å²) in [5, 5.41) is 0. The summed E-state index contributed by atoms with van der Waals surface area (Å²) in [6, 6.07) is 4.51. The predicted octanol–water partition coefficient (Wildman–Crippen LogP) is 7.53. The van der Waals surface area contributed by atoms with Crippen molar-refractivity contribution < 1.29 is 9.31 Å². The molecule has 0 saturated carbocycles. The minimum atomic E-state index is -1.47. The van der Waals surface area contributed by atoms with Crippen LogP contribution in [0.15, 0.2) is 35.8 Å². The van der Waals surface area contributed by atoms with Crippen molar-refractivity contribution in [2.24, 2.45) is 0 Å². The van der Waals surface area contributed by atoms with Crippen molar-refractivity contribution in [3.05, 3.63) is 47.0 Å². The largest absolute Gasteiger partial charge is 0.632 e. The van der Waals surface area contributed by atoms with Crippen molar-refractivity contribution in [1.29, 1.82) is 0 Å². The van der Waals surface area contributed by atoms with Gasteiger partial charge in [-0.3, -0.25) is 0 Å². The molecule has 0 N–H and O–H groups in total. The summed E-state index contributed by atoms with van der Waals surface area (Å²) < 4.78 is 13.2. The molecule has 0 radical (unpaired) electrons. The first-order valence-corrected chi connectivity index (χ1v) is 18.3. The lowest BCUT2D eigenvalue weighted by Crippen LogP contribution is -2.51. The Morgan fingerprint density at radius 3 is 1.80 bits per heavy atom. The zero-order valence-electron chi connectivity index (χ0n) is 21.3. The van der Waals surface area contributed by atoms with Gasteiger partial charge in [-0.2, -0.15) is 0 Å². The fourth-order valence-corrected chi connectivity index (χ4v) is 16.3. The first-order valence-electron chi connectivity index (χ1n) is 11.3. The summed E-state index contributed by atoms with van der Waals surface area (Å²) >= 11 is 0. The maximum Gasteiger partial charge on any atom is 0.632 e. The SMILES string of the molecule is CC(C)(C)c1cc2c(c(C(C)(C)C)c1)OB(C1=CC([Si](C)(C)C)([Si](C)(C)C)C=C1)O2. The average molecular weight is 441 g/mol. The summed E-state index contributed by atoms with van der Waals surface area (Å²) in [5.41, 5.74) is 3.77. The molecule has 30 heavy (non-hydrogen) atoms. The second-order valence-corrected chi connectivity index (χ2v) is 24.4. The van der Waals surface area contributed by atoms with Crippen LogP contribution in [0.4, 0.5) is 0 Å². The van der Waals surface area contributed by atoms with Crippen LogP contribution in [0.1, 0.15) is 52.7 Å². The standard InChI is InChI=1S/C25H41BO2Si2/c1-23(2,3)18-15-20(24(4,5)6)22-21(16-18)27-26(28-22)19-13-14-25(17-19,29(7,8)9)30(10,11)12/h13-17H,1-12H3. The van der Waals surface area contributed by atoms with Crippen molar-refractivity contribution >= 4 is 23.3 Å². The Morgan fingerprint density at radius 1 is 0.800 bits per heavy atom. The van der Waals surface area contributed by atoms with Crippen LogP contribution in [-0.4, -0.2) is 23.3 Å². The molecule has 2 aliphatic rings. The molecule has 0 bridgehead atoms. The van der Waals surface area contributed by atoms with E-state index in [0.29, 0.717) is 0 Å². The molecule has 0 fully saturated rings. The number of rotatable bonds is 3. The van der Waals surface area contributed by atoms with Crippen molar-refractivity contribution in [2.45, 2.75) is 96.3 Å². The van der Waals surface area contributed by atoms with Crippen LogP contribution in [0.2, 0.25) is 43.9 Å². The highest BCUT2D eigenvalue weighted by Gasteiger charge is 2.53. The number of benzene rings is 1. The van der Waals surface area contributed by atoms with E-state index in [0.717, 1.165) is 11.5 Å². The third kappa shape index (κ3) is 3.88. The van der Waals surface area contributed by atoms with E-state index in [1.54, 1.807) is 0 Å². The molecular formula is C25H41BO2Si2. The van der Waals surface area contributed by atoms with Crippen LogP contribution in [0.5, 0.6) is 11.5 Å². The summed E-state index contributed by atoms with van der Waals surface area (Å²) in [5.74, 6) is 1.82. The fourth-order valence-electron chi connectivity index (χ4n) is 4.98. The molecular weight excluding hydrogens is 399 g/mol. The van der Waals surface area contributed by atoms with Crippen LogP contribution in [0.25, 0.3) is 0 Å². The Morgan fingerprint density at radius 2 is 1.37 bits per heavy atom. The smallest absolute Gasteiger partial charge is 0.519 e. The first kappa shape index (κ1) is 23.5. The van der Waals surface area contributed by atoms with Crippen LogP contribution in [0.3, 0.4) is 0 Å². The van der Waals surface area contributed by atoms with E-state index < -0.39 is 16.1 Å². The Hall–Kier alpha value is -1.20. The minimum Gasteiger partial charge on any atom is -0.519 e. The van der Waals surface area contributed by atoms with Gasteiger partial charge in [-0.25, -0.2) is 0 Å². The lowest BCUT2D eigenvalue weighted by Gasteiger charge is -2.47. The van der Waals surface area contributed by atoms with Gasteiger partial charge in [0.2, 0.25) is 0 Å². The van der Waals surface area contributed by atoms with Crippen LogP contribution in [-0.2, 0) is 10.8 Å². The molecule has 1 heterocycles. The van der Waals surface area contributed by atoms with Crippen molar-refractivity contribution in [1.82, 2.24) is 0 Å². The van der Waals surface area contributed by atoms with E-state index >= 15 is 0 Å². The lowest BCUT2D eigenvalue weighted by molar-refractivity contribution is 0.499. The second-order valence-electron chi connectivity index (χ2n) is 13.3. The van der Waals surface area contributed by atoms with Gasteiger partial charge in [0.1, 0.15) is 11.5 Å². The van der Waals surface area contributed by atoms with E-state index in [1.165, 1.54) is 16.6 Å². The van der Waals surface area contributed by atoms with Crippen molar-refractivity contribution in [3.8, 4) is 11.5 Å². The minimum absolute atomic E-state index is 0.0100. The van der Waals surface area contributed by atoms with Crippen molar-refractivity contribution in [3.63, 3.8) is 0 Å². The Kier molecular flexibility index (Phi) is 5.39. The monoisotopic (exact) mass is 440 g/mol. The quantitative estimate of drug-likeness (QED) is 0.452. The second kappa shape index (κ2) is 6.90. The number of hydrogen-bond donors (Lipinski definition) is 0. The van der Waals surface area contributed by atoms with Crippen LogP contribution >= 0.6 is 0 Å². The molecule has 1 aliphatic heterocycles. The van der Waals surface area contributed by atoms with E-state index in [-0.39, 0.29) is 22.6 Å². The van der Waals surface area contributed by atoms with Gasteiger partial charge in [0.05, 0.1) is 16.1 Å².